The normalized spacial score (nSPS) is 43.5. The van der Waals surface area contributed by atoms with Crippen LogP contribution in [0.15, 0.2) is 24.7 Å². The maximum Gasteiger partial charge on any atom is 0.157 e. The van der Waals surface area contributed by atoms with Gasteiger partial charge in [0.25, 0.3) is 0 Å². The Kier molecular flexibility index (Phi) is 4.79. The molecule has 0 aromatic carbocycles. The van der Waals surface area contributed by atoms with E-state index in [-0.39, 0.29) is 23.2 Å². The molecule has 2 aromatic rings. The minimum Gasteiger partial charge on any atom is -0.297 e. The van der Waals surface area contributed by atoms with Gasteiger partial charge in [-0.25, -0.2) is 4.39 Å². The van der Waals surface area contributed by atoms with Crippen LogP contribution in [0, 0.1) is 40.9 Å². The number of carbonyl (C=O) groups is 1. The van der Waals surface area contributed by atoms with Crippen LogP contribution in [0.3, 0.4) is 0 Å². The summed E-state index contributed by atoms with van der Waals surface area (Å²) in [4.78, 5) is 17.8. The highest BCUT2D eigenvalue weighted by Gasteiger charge is 2.62. The number of nitrogens with zero attached hydrogens (tertiary/aromatic N) is 3. The zero-order valence-corrected chi connectivity index (χ0v) is 19.5. The maximum absolute atomic E-state index is 16.5. The third kappa shape index (κ3) is 2.95. The van der Waals surface area contributed by atoms with Gasteiger partial charge in [-0.15, -0.1) is 0 Å². The number of hydrogen-bond acceptors (Lipinski definition) is 3. The van der Waals surface area contributed by atoms with E-state index in [4.69, 9.17) is 0 Å². The van der Waals surface area contributed by atoms with Gasteiger partial charge in [-0.05, 0) is 98.9 Å². The average molecular weight is 438 g/mol. The number of halogens is 1. The van der Waals surface area contributed by atoms with E-state index in [0.29, 0.717) is 30.1 Å². The number of carbonyl (C=O) groups excluding carboxylic acids is 1. The summed E-state index contributed by atoms with van der Waals surface area (Å²) in [6.45, 7) is 4.98. The molecule has 0 spiro atoms. The van der Waals surface area contributed by atoms with Crippen molar-refractivity contribution in [1.29, 1.82) is 0 Å². The van der Waals surface area contributed by atoms with Crippen molar-refractivity contribution in [3.05, 3.63) is 24.7 Å². The monoisotopic (exact) mass is 437 g/mol. The standard InChI is InChI=1S/C27H36FN3O/c1-17-7-11-27(28)19(13-17)3-4-20-21-5-6-23(26(21,2)10-8-22(20)27)25(32)16-31-24-15-29-12-9-18(24)14-30-31/h9,12,14-15,17,19-23H,3-8,10-11,13,16H2,1-2H3/t17-,19+,20-,21-,22-,23+,26-,27+/m0/s1. The predicted octanol–water partition coefficient (Wildman–Crippen LogP) is 6.00. The summed E-state index contributed by atoms with van der Waals surface area (Å²) >= 11 is 0. The van der Waals surface area contributed by atoms with Crippen molar-refractivity contribution in [1.82, 2.24) is 14.8 Å². The van der Waals surface area contributed by atoms with E-state index in [2.05, 4.69) is 23.9 Å². The number of hydrogen-bond donors (Lipinski definition) is 0. The molecule has 4 aliphatic rings. The van der Waals surface area contributed by atoms with E-state index in [0.717, 1.165) is 62.3 Å². The summed E-state index contributed by atoms with van der Waals surface area (Å²) in [5, 5.41) is 5.49. The van der Waals surface area contributed by atoms with E-state index >= 15 is 4.39 Å². The lowest BCUT2D eigenvalue weighted by Gasteiger charge is -2.58. The molecule has 4 saturated carbocycles. The molecule has 8 atom stereocenters. The third-order valence-electron chi connectivity index (χ3n) is 10.4. The topological polar surface area (TPSA) is 47.8 Å². The first-order valence-electron chi connectivity index (χ1n) is 12.9. The summed E-state index contributed by atoms with van der Waals surface area (Å²) in [6.07, 6.45) is 14.5. The first-order chi connectivity index (χ1) is 15.4. The molecule has 5 heteroatoms. The number of rotatable bonds is 3. The van der Waals surface area contributed by atoms with Crippen LogP contribution in [0.2, 0.25) is 0 Å². The lowest BCUT2D eigenvalue weighted by atomic mass is 9.48. The van der Waals surface area contributed by atoms with Crippen molar-refractivity contribution in [2.24, 2.45) is 40.9 Å². The highest BCUT2D eigenvalue weighted by molar-refractivity contribution is 5.84. The first kappa shape index (κ1) is 20.8. The Morgan fingerprint density at radius 2 is 2.00 bits per heavy atom. The van der Waals surface area contributed by atoms with Crippen LogP contribution in [0.25, 0.3) is 10.9 Å². The molecule has 4 aliphatic carbocycles. The lowest BCUT2D eigenvalue weighted by molar-refractivity contribution is -0.146. The van der Waals surface area contributed by atoms with Crippen LogP contribution in [0.5, 0.6) is 0 Å². The number of ketones is 1. The molecule has 2 heterocycles. The van der Waals surface area contributed by atoms with E-state index < -0.39 is 5.67 Å². The minimum absolute atomic E-state index is 0.0185. The molecule has 32 heavy (non-hydrogen) atoms. The fourth-order valence-electron chi connectivity index (χ4n) is 8.83. The number of alkyl halides is 1. The third-order valence-corrected chi connectivity index (χ3v) is 10.4. The van der Waals surface area contributed by atoms with Gasteiger partial charge in [-0.1, -0.05) is 13.8 Å². The molecule has 4 fully saturated rings. The van der Waals surface area contributed by atoms with Crippen molar-refractivity contribution in [2.75, 3.05) is 0 Å². The molecule has 0 saturated heterocycles. The quantitative estimate of drug-likeness (QED) is 0.592. The van der Waals surface area contributed by atoms with E-state index in [1.165, 1.54) is 6.42 Å². The molecule has 0 N–H and O–H groups in total. The Balaban J connectivity index is 1.22. The van der Waals surface area contributed by atoms with Gasteiger partial charge in [0.2, 0.25) is 0 Å². The first-order valence-corrected chi connectivity index (χ1v) is 12.9. The van der Waals surface area contributed by atoms with E-state index in [9.17, 15) is 4.79 Å². The van der Waals surface area contributed by atoms with Crippen LogP contribution < -0.4 is 0 Å². The Labute approximate surface area is 190 Å². The Morgan fingerprint density at radius 3 is 2.88 bits per heavy atom. The second-order valence-electron chi connectivity index (χ2n) is 11.8. The molecule has 0 amide bonds. The Morgan fingerprint density at radius 1 is 1.12 bits per heavy atom. The highest BCUT2D eigenvalue weighted by Crippen LogP contribution is 2.66. The Hall–Kier alpha value is -1.78. The second kappa shape index (κ2) is 7.36. The molecule has 0 radical (unpaired) electrons. The number of Topliss-reactive ketones (excluding diaryl/α,β-unsaturated/α-hetero) is 1. The summed E-state index contributed by atoms with van der Waals surface area (Å²) in [6, 6.07) is 1.94. The molecular formula is C27H36FN3O. The van der Waals surface area contributed by atoms with E-state index in [1.807, 2.05) is 16.9 Å². The summed E-state index contributed by atoms with van der Waals surface area (Å²) in [7, 11) is 0. The predicted molar refractivity (Wildman–Crippen MR) is 123 cm³/mol. The van der Waals surface area contributed by atoms with Crippen molar-refractivity contribution < 1.29 is 9.18 Å². The zero-order valence-electron chi connectivity index (χ0n) is 19.5. The molecule has 2 aromatic heterocycles. The van der Waals surface area contributed by atoms with Crippen molar-refractivity contribution >= 4 is 16.7 Å². The van der Waals surface area contributed by atoms with Gasteiger partial charge in [0.05, 0.1) is 17.9 Å². The zero-order chi connectivity index (χ0) is 22.1. The van der Waals surface area contributed by atoms with Gasteiger partial charge >= 0.3 is 0 Å². The van der Waals surface area contributed by atoms with Gasteiger partial charge in [0, 0.05) is 17.5 Å². The smallest absolute Gasteiger partial charge is 0.157 e. The largest absolute Gasteiger partial charge is 0.297 e. The molecule has 6 rings (SSSR count). The summed E-state index contributed by atoms with van der Waals surface area (Å²) in [5.41, 5.74) is -0.00163. The summed E-state index contributed by atoms with van der Waals surface area (Å²) in [5.74, 6) is 2.52. The van der Waals surface area contributed by atoms with Gasteiger partial charge in [0.15, 0.2) is 5.78 Å². The van der Waals surface area contributed by atoms with Crippen LogP contribution >= 0.6 is 0 Å². The van der Waals surface area contributed by atoms with Gasteiger partial charge in [-0.3, -0.25) is 14.5 Å². The fourth-order valence-corrected chi connectivity index (χ4v) is 8.83. The van der Waals surface area contributed by atoms with Crippen molar-refractivity contribution in [3.8, 4) is 0 Å². The molecule has 0 unspecified atom stereocenters. The number of fused-ring (bicyclic) bond motifs is 6. The highest BCUT2D eigenvalue weighted by atomic mass is 19.1. The molecule has 172 valence electrons. The van der Waals surface area contributed by atoms with Crippen LogP contribution in [-0.2, 0) is 11.3 Å². The molecular weight excluding hydrogens is 401 g/mol. The van der Waals surface area contributed by atoms with Crippen LogP contribution in [0.1, 0.15) is 71.6 Å². The van der Waals surface area contributed by atoms with Crippen LogP contribution in [-0.4, -0.2) is 26.2 Å². The number of aromatic nitrogens is 3. The molecule has 0 bridgehead atoms. The fraction of sp³-hybridized carbons (Fsp3) is 0.741. The number of pyridine rings is 1. The minimum atomic E-state index is -0.945. The Bertz CT molecular complexity index is 1030. The average Bonchev–Trinajstić information content (AvgIpc) is 3.35. The summed E-state index contributed by atoms with van der Waals surface area (Å²) < 4.78 is 18.3. The molecule has 0 aliphatic heterocycles. The van der Waals surface area contributed by atoms with Crippen LogP contribution in [0.4, 0.5) is 4.39 Å². The molecule has 4 nitrogen and oxygen atoms in total. The lowest BCUT2D eigenvalue weighted by Crippen LogP contribution is -2.56. The maximum atomic E-state index is 16.5. The van der Waals surface area contributed by atoms with Gasteiger partial charge in [-0.2, -0.15) is 5.10 Å². The van der Waals surface area contributed by atoms with Crippen molar-refractivity contribution in [3.63, 3.8) is 0 Å². The van der Waals surface area contributed by atoms with Gasteiger partial charge < -0.3 is 0 Å². The van der Waals surface area contributed by atoms with Crippen molar-refractivity contribution in [2.45, 2.75) is 83.8 Å². The SMILES string of the molecule is C[C@H]1CC[C@@]2(F)[C@H](CC[C@H]3[C@@H]4CC[C@H](C(=O)Cn5ncc6ccncc65)[C@@]4(C)CC[C@@H]32)C1. The van der Waals surface area contributed by atoms with E-state index in [1.54, 1.807) is 12.4 Å². The van der Waals surface area contributed by atoms with Gasteiger partial charge in [0.1, 0.15) is 12.2 Å². The second-order valence-corrected chi connectivity index (χ2v) is 11.8.